The van der Waals surface area contributed by atoms with Crippen LogP contribution in [0.5, 0.6) is 0 Å². The molecular weight excluding hydrogens is 518 g/mol. The van der Waals surface area contributed by atoms with E-state index in [1.165, 1.54) is 4.90 Å². The first-order chi connectivity index (χ1) is 15.8. The van der Waals surface area contributed by atoms with Gasteiger partial charge in [0, 0.05) is 17.1 Å². The molecule has 1 atom stereocenters. The topological polar surface area (TPSA) is 86.8 Å². The first-order valence-electron chi connectivity index (χ1n) is 11.2. The number of amides is 2. The van der Waals surface area contributed by atoms with E-state index < -0.39 is 28.5 Å². The second-order valence-corrected chi connectivity index (χ2v) is 11.8. The molecule has 0 aromatic heterocycles. The fraction of sp³-hybridized carbons (Fsp3) is 0.440. The number of hydrogen-bond acceptors (Lipinski definition) is 4. The summed E-state index contributed by atoms with van der Waals surface area (Å²) in [6, 6.07) is 13.7. The Kier molecular flexibility index (Phi) is 9.70. The van der Waals surface area contributed by atoms with E-state index in [1.54, 1.807) is 19.1 Å². The van der Waals surface area contributed by atoms with Gasteiger partial charge < -0.3 is 10.2 Å². The van der Waals surface area contributed by atoms with E-state index >= 15 is 0 Å². The molecule has 9 heteroatoms. The highest BCUT2D eigenvalue weighted by molar-refractivity contribution is 9.10. The number of halogens is 1. The quantitative estimate of drug-likeness (QED) is 0.477. The molecule has 2 aromatic rings. The lowest BCUT2D eigenvalue weighted by molar-refractivity contribution is -0.139. The van der Waals surface area contributed by atoms with Crippen molar-refractivity contribution in [3.8, 4) is 0 Å². The van der Waals surface area contributed by atoms with Gasteiger partial charge in [-0.1, -0.05) is 60.1 Å². The van der Waals surface area contributed by atoms with Crippen LogP contribution in [0.3, 0.4) is 0 Å². The zero-order chi connectivity index (χ0) is 25.6. The van der Waals surface area contributed by atoms with Crippen LogP contribution in [0.25, 0.3) is 0 Å². The highest BCUT2D eigenvalue weighted by Gasteiger charge is 2.31. The number of rotatable bonds is 10. The number of anilines is 1. The van der Waals surface area contributed by atoms with Gasteiger partial charge in [-0.05, 0) is 56.0 Å². The van der Waals surface area contributed by atoms with Crippen LogP contribution in [-0.4, -0.2) is 50.0 Å². The van der Waals surface area contributed by atoms with Crippen molar-refractivity contribution in [2.75, 3.05) is 17.1 Å². The van der Waals surface area contributed by atoms with Crippen molar-refractivity contribution in [1.82, 2.24) is 10.2 Å². The van der Waals surface area contributed by atoms with Crippen molar-refractivity contribution >= 4 is 43.5 Å². The van der Waals surface area contributed by atoms with Crippen molar-refractivity contribution in [2.24, 2.45) is 0 Å². The monoisotopic (exact) mass is 551 g/mol. The predicted octanol–water partition coefficient (Wildman–Crippen LogP) is 4.28. The van der Waals surface area contributed by atoms with Gasteiger partial charge in [0.25, 0.3) is 0 Å². The minimum absolute atomic E-state index is 0.0603. The molecule has 1 unspecified atom stereocenters. The Hall–Kier alpha value is -2.39. The number of carbonyl (C=O) groups is 2. The summed E-state index contributed by atoms with van der Waals surface area (Å²) in [5, 5.41) is 2.84. The highest BCUT2D eigenvalue weighted by atomic mass is 79.9. The van der Waals surface area contributed by atoms with E-state index in [1.807, 2.05) is 64.1 Å². The van der Waals surface area contributed by atoms with E-state index in [0.717, 1.165) is 26.2 Å². The molecule has 7 nitrogen and oxygen atoms in total. The second kappa shape index (κ2) is 11.8. The van der Waals surface area contributed by atoms with Crippen LogP contribution in [-0.2, 0) is 26.2 Å². The summed E-state index contributed by atoms with van der Waals surface area (Å²) in [6.45, 7) is 9.06. The predicted molar refractivity (Wildman–Crippen MR) is 140 cm³/mol. The maximum Gasteiger partial charge on any atom is 0.244 e. The van der Waals surface area contributed by atoms with Crippen LogP contribution < -0.4 is 9.62 Å². The van der Waals surface area contributed by atoms with Gasteiger partial charge in [-0.2, -0.15) is 0 Å². The normalized spacial score (nSPS) is 12.5. The van der Waals surface area contributed by atoms with Crippen molar-refractivity contribution in [3.05, 3.63) is 64.1 Å². The van der Waals surface area contributed by atoms with E-state index in [4.69, 9.17) is 0 Å². The highest BCUT2D eigenvalue weighted by Crippen LogP contribution is 2.29. The zero-order valence-electron chi connectivity index (χ0n) is 20.6. The van der Waals surface area contributed by atoms with E-state index in [-0.39, 0.29) is 24.4 Å². The molecule has 0 aliphatic carbocycles. The van der Waals surface area contributed by atoms with Crippen LogP contribution in [0.1, 0.15) is 51.7 Å². The fourth-order valence-corrected chi connectivity index (χ4v) is 4.70. The molecule has 0 saturated heterocycles. The van der Waals surface area contributed by atoms with Gasteiger partial charge in [0.05, 0.1) is 11.9 Å². The van der Waals surface area contributed by atoms with Gasteiger partial charge >= 0.3 is 0 Å². The molecule has 0 aliphatic heterocycles. The average Bonchev–Trinajstić information content (AvgIpc) is 2.75. The molecule has 0 fully saturated rings. The van der Waals surface area contributed by atoms with E-state index in [2.05, 4.69) is 21.2 Å². The minimum atomic E-state index is -3.77. The molecule has 0 spiro atoms. The lowest BCUT2D eigenvalue weighted by Crippen LogP contribution is -2.52. The Bertz CT molecular complexity index is 1100. The van der Waals surface area contributed by atoms with Crippen LogP contribution in [0.4, 0.5) is 5.69 Å². The van der Waals surface area contributed by atoms with E-state index in [0.29, 0.717) is 5.69 Å². The zero-order valence-corrected chi connectivity index (χ0v) is 23.0. The van der Waals surface area contributed by atoms with Crippen LogP contribution in [0.15, 0.2) is 53.0 Å². The standard InChI is InChI=1S/C25H34BrN3O4S/c1-17(2)22-9-7-8-10-23(22)29(34(6,32)33)16-24(30)28(19(5)25(31)27-18(3)4)15-20-11-13-21(26)14-12-20/h7-14,17-19H,15-16H2,1-6H3,(H,27,31). The maximum atomic E-state index is 13.6. The van der Waals surface area contributed by atoms with Crippen LogP contribution >= 0.6 is 15.9 Å². The fourth-order valence-electron chi connectivity index (χ4n) is 3.57. The summed E-state index contributed by atoms with van der Waals surface area (Å²) in [6.07, 6.45) is 1.09. The van der Waals surface area contributed by atoms with Gasteiger partial charge in [0.15, 0.2) is 0 Å². The number of nitrogens with one attached hydrogen (secondary N) is 1. The summed E-state index contributed by atoms with van der Waals surface area (Å²) in [7, 11) is -3.77. The third-order valence-electron chi connectivity index (χ3n) is 5.37. The molecule has 0 bridgehead atoms. The molecule has 0 saturated carbocycles. The largest absolute Gasteiger partial charge is 0.352 e. The lowest BCUT2D eigenvalue weighted by Gasteiger charge is -2.32. The molecule has 0 aliphatic rings. The average molecular weight is 553 g/mol. The summed E-state index contributed by atoms with van der Waals surface area (Å²) >= 11 is 3.40. The molecule has 2 amide bonds. The number of hydrogen-bond donors (Lipinski definition) is 1. The SMILES string of the molecule is CC(C)NC(=O)C(C)N(Cc1ccc(Br)cc1)C(=O)CN(c1ccccc1C(C)C)S(C)(=O)=O. The Morgan fingerprint density at radius 3 is 2.09 bits per heavy atom. The molecule has 186 valence electrons. The first kappa shape index (κ1) is 27.9. The van der Waals surface area contributed by atoms with Gasteiger partial charge in [0.1, 0.15) is 12.6 Å². The Morgan fingerprint density at radius 2 is 1.56 bits per heavy atom. The molecular formula is C25H34BrN3O4S. The summed E-state index contributed by atoms with van der Waals surface area (Å²) in [5.74, 6) is -0.697. The third-order valence-corrected chi connectivity index (χ3v) is 7.03. The molecule has 2 aromatic carbocycles. The van der Waals surface area contributed by atoms with Gasteiger partial charge in [-0.15, -0.1) is 0 Å². The van der Waals surface area contributed by atoms with E-state index in [9.17, 15) is 18.0 Å². The Labute approximate surface area is 211 Å². The molecule has 1 N–H and O–H groups in total. The number of nitrogens with zero attached hydrogens (tertiary/aromatic N) is 2. The van der Waals surface area contributed by atoms with Crippen molar-refractivity contribution < 1.29 is 18.0 Å². The maximum absolute atomic E-state index is 13.6. The lowest BCUT2D eigenvalue weighted by atomic mass is 10.0. The Morgan fingerprint density at radius 1 is 0.971 bits per heavy atom. The number of sulfonamides is 1. The summed E-state index contributed by atoms with van der Waals surface area (Å²) < 4.78 is 27.6. The van der Waals surface area contributed by atoms with Gasteiger partial charge in [-0.3, -0.25) is 13.9 Å². The van der Waals surface area contributed by atoms with Crippen LogP contribution in [0, 0.1) is 0 Å². The van der Waals surface area contributed by atoms with Crippen molar-refractivity contribution in [2.45, 2.75) is 59.2 Å². The number of para-hydroxylation sites is 1. The minimum Gasteiger partial charge on any atom is -0.352 e. The third kappa shape index (κ3) is 7.56. The smallest absolute Gasteiger partial charge is 0.244 e. The first-order valence-corrected chi connectivity index (χ1v) is 13.9. The van der Waals surface area contributed by atoms with Gasteiger partial charge in [-0.25, -0.2) is 8.42 Å². The molecule has 2 rings (SSSR count). The summed E-state index contributed by atoms with van der Waals surface area (Å²) in [5.41, 5.74) is 2.12. The Balaban J connectivity index is 2.45. The summed E-state index contributed by atoms with van der Waals surface area (Å²) in [4.78, 5) is 27.8. The number of benzene rings is 2. The van der Waals surface area contributed by atoms with Crippen LogP contribution in [0.2, 0.25) is 0 Å². The van der Waals surface area contributed by atoms with Crippen molar-refractivity contribution in [3.63, 3.8) is 0 Å². The molecule has 34 heavy (non-hydrogen) atoms. The van der Waals surface area contributed by atoms with Gasteiger partial charge in [0.2, 0.25) is 21.8 Å². The second-order valence-electron chi connectivity index (χ2n) is 8.97. The number of carbonyl (C=O) groups excluding carboxylic acids is 2. The molecule has 0 radical (unpaired) electrons. The molecule has 0 heterocycles. The van der Waals surface area contributed by atoms with Crippen molar-refractivity contribution in [1.29, 1.82) is 0 Å².